The second kappa shape index (κ2) is 7.80. The van der Waals surface area contributed by atoms with E-state index in [0.29, 0.717) is 32.1 Å². The number of carbonyl (C=O) groups is 2. The van der Waals surface area contributed by atoms with Gasteiger partial charge in [0.1, 0.15) is 5.76 Å². The molecule has 3 fully saturated rings. The number of amides is 2. The third-order valence-electron chi connectivity index (χ3n) is 5.52. The van der Waals surface area contributed by atoms with Crippen molar-refractivity contribution in [2.75, 3.05) is 45.9 Å². The molecule has 0 N–H and O–H groups in total. The fraction of sp³-hybridized carbons (Fsp3) is 0.684. The molecule has 7 nitrogen and oxygen atoms in total. The fourth-order valence-corrected chi connectivity index (χ4v) is 3.84. The SMILES string of the molecule is O=C([C@H]1CC(=O)N(C2CC2)C1)N(CCN1CCOCC1)Cc1ccco1. The Morgan fingerprint density at radius 2 is 2.08 bits per heavy atom. The van der Waals surface area contributed by atoms with Crippen molar-refractivity contribution in [3.8, 4) is 0 Å². The Hall–Kier alpha value is -1.86. The lowest BCUT2D eigenvalue weighted by Gasteiger charge is -2.30. The van der Waals surface area contributed by atoms with E-state index < -0.39 is 0 Å². The van der Waals surface area contributed by atoms with Crippen molar-refractivity contribution in [2.24, 2.45) is 5.92 Å². The Bertz CT molecular complexity index is 623. The monoisotopic (exact) mass is 361 g/mol. The van der Waals surface area contributed by atoms with Gasteiger partial charge in [-0.15, -0.1) is 0 Å². The van der Waals surface area contributed by atoms with E-state index in [2.05, 4.69) is 4.90 Å². The topological polar surface area (TPSA) is 66.2 Å². The van der Waals surface area contributed by atoms with E-state index in [-0.39, 0.29) is 17.7 Å². The molecular weight excluding hydrogens is 334 g/mol. The standard InChI is InChI=1S/C19H27N3O4/c23-18-12-15(13-22(18)16-3-4-16)19(24)21(14-17-2-1-9-26-17)6-5-20-7-10-25-11-8-20/h1-2,9,15-16H,3-8,10-14H2/t15-/m0/s1. The van der Waals surface area contributed by atoms with Crippen LogP contribution in [0.3, 0.4) is 0 Å². The molecular formula is C19H27N3O4. The summed E-state index contributed by atoms with van der Waals surface area (Å²) in [6, 6.07) is 4.12. The van der Waals surface area contributed by atoms with Crippen LogP contribution in [0.1, 0.15) is 25.0 Å². The first kappa shape index (κ1) is 17.5. The molecule has 1 aromatic rings. The molecule has 1 atom stereocenters. The normalized spacial score (nSPS) is 24.2. The first-order chi connectivity index (χ1) is 12.7. The second-order valence-corrected chi connectivity index (χ2v) is 7.47. The molecule has 0 spiro atoms. The van der Waals surface area contributed by atoms with Gasteiger partial charge in [0.2, 0.25) is 11.8 Å². The third kappa shape index (κ3) is 4.10. The van der Waals surface area contributed by atoms with Crippen LogP contribution < -0.4 is 0 Å². The van der Waals surface area contributed by atoms with Gasteiger partial charge in [-0.05, 0) is 25.0 Å². The van der Waals surface area contributed by atoms with Crippen LogP contribution in [0.2, 0.25) is 0 Å². The lowest BCUT2D eigenvalue weighted by Crippen LogP contribution is -2.44. The average Bonchev–Trinajstić information content (AvgIpc) is 3.23. The molecule has 3 heterocycles. The summed E-state index contributed by atoms with van der Waals surface area (Å²) in [5.74, 6) is 0.773. The van der Waals surface area contributed by atoms with Crippen LogP contribution in [0.5, 0.6) is 0 Å². The van der Waals surface area contributed by atoms with Crippen molar-refractivity contribution >= 4 is 11.8 Å². The number of hydrogen-bond donors (Lipinski definition) is 0. The Morgan fingerprint density at radius 3 is 2.77 bits per heavy atom. The average molecular weight is 361 g/mol. The zero-order valence-corrected chi connectivity index (χ0v) is 15.1. The van der Waals surface area contributed by atoms with Gasteiger partial charge >= 0.3 is 0 Å². The number of ether oxygens (including phenoxy) is 1. The van der Waals surface area contributed by atoms with Gasteiger partial charge in [0, 0.05) is 45.2 Å². The van der Waals surface area contributed by atoms with Crippen molar-refractivity contribution in [3.05, 3.63) is 24.2 Å². The fourth-order valence-electron chi connectivity index (χ4n) is 3.84. The van der Waals surface area contributed by atoms with Crippen LogP contribution in [-0.4, -0.2) is 78.5 Å². The van der Waals surface area contributed by atoms with Crippen LogP contribution in [0.4, 0.5) is 0 Å². The third-order valence-corrected chi connectivity index (χ3v) is 5.52. The highest BCUT2D eigenvalue weighted by atomic mass is 16.5. The highest BCUT2D eigenvalue weighted by Gasteiger charge is 2.42. The van der Waals surface area contributed by atoms with Crippen LogP contribution in [-0.2, 0) is 20.9 Å². The van der Waals surface area contributed by atoms with Crippen molar-refractivity contribution < 1.29 is 18.7 Å². The molecule has 2 amide bonds. The molecule has 3 aliphatic rings. The molecule has 1 aromatic heterocycles. The number of carbonyl (C=O) groups excluding carboxylic acids is 2. The van der Waals surface area contributed by atoms with Crippen molar-refractivity contribution in [3.63, 3.8) is 0 Å². The summed E-state index contributed by atoms with van der Waals surface area (Å²) in [7, 11) is 0. The van der Waals surface area contributed by atoms with Gasteiger partial charge in [-0.1, -0.05) is 0 Å². The van der Waals surface area contributed by atoms with Crippen LogP contribution >= 0.6 is 0 Å². The Labute approximate surface area is 153 Å². The minimum absolute atomic E-state index is 0.0751. The number of hydrogen-bond acceptors (Lipinski definition) is 5. The van der Waals surface area contributed by atoms with E-state index in [1.54, 1.807) is 6.26 Å². The van der Waals surface area contributed by atoms with Gasteiger partial charge in [0.15, 0.2) is 0 Å². The highest BCUT2D eigenvalue weighted by molar-refractivity contribution is 5.89. The molecule has 2 saturated heterocycles. The maximum atomic E-state index is 13.1. The molecule has 1 aliphatic carbocycles. The highest BCUT2D eigenvalue weighted by Crippen LogP contribution is 2.33. The predicted molar refractivity (Wildman–Crippen MR) is 94.2 cm³/mol. The summed E-state index contributed by atoms with van der Waals surface area (Å²) in [4.78, 5) is 31.5. The molecule has 26 heavy (non-hydrogen) atoms. The number of nitrogens with zero attached hydrogens (tertiary/aromatic N) is 3. The number of rotatable bonds is 7. The zero-order valence-electron chi connectivity index (χ0n) is 15.1. The molecule has 142 valence electrons. The lowest BCUT2D eigenvalue weighted by molar-refractivity contribution is -0.137. The summed E-state index contributed by atoms with van der Waals surface area (Å²) >= 11 is 0. The summed E-state index contributed by atoms with van der Waals surface area (Å²) in [5.41, 5.74) is 0. The molecule has 0 radical (unpaired) electrons. The molecule has 2 aliphatic heterocycles. The van der Waals surface area contributed by atoms with Crippen molar-refractivity contribution in [1.29, 1.82) is 0 Å². The van der Waals surface area contributed by atoms with E-state index in [1.807, 2.05) is 21.9 Å². The Morgan fingerprint density at radius 1 is 1.27 bits per heavy atom. The van der Waals surface area contributed by atoms with E-state index in [4.69, 9.17) is 9.15 Å². The van der Waals surface area contributed by atoms with Gasteiger partial charge in [-0.25, -0.2) is 0 Å². The number of likely N-dealkylation sites (tertiary alicyclic amines) is 1. The Balaban J connectivity index is 1.39. The maximum absolute atomic E-state index is 13.1. The summed E-state index contributed by atoms with van der Waals surface area (Å²) in [6.45, 7) is 5.81. The quantitative estimate of drug-likeness (QED) is 0.723. The summed E-state index contributed by atoms with van der Waals surface area (Å²) in [6.07, 6.45) is 4.15. The molecule has 0 bridgehead atoms. The number of furan rings is 1. The first-order valence-electron chi connectivity index (χ1n) is 9.61. The molecule has 1 saturated carbocycles. The van der Waals surface area contributed by atoms with E-state index in [9.17, 15) is 9.59 Å². The minimum Gasteiger partial charge on any atom is -0.467 e. The second-order valence-electron chi connectivity index (χ2n) is 7.47. The van der Waals surface area contributed by atoms with E-state index >= 15 is 0 Å². The van der Waals surface area contributed by atoms with E-state index in [1.165, 1.54) is 0 Å². The summed E-state index contributed by atoms with van der Waals surface area (Å²) < 4.78 is 10.8. The molecule has 0 aromatic carbocycles. The number of morpholine rings is 1. The lowest BCUT2D eigenvalue weighted by atomic mass is 10.1. The van der Waals surface area contributed by atoms with Crippen molar-refractivity contribution in [2.45, 2.75) is 31.8 Å². The van der Waals surface area contributed by atoms with Gasteiger partial charge in [0.05, 0.1) is 31.9 Å². The molecule has 4 rings (SSSR count). The smallest absolute Gasteiger partial charge is 0.228 e. The largest absolute Gasteiger partial charge is 0.467 e. The molecule has 7 heteroatoms. The van der Waals surface area contributed by atoms with Gasteiger partial charge in [-0.2, -0.15) is 0 Å². The van der Waals surface area contributed by atoms with Crippen LogP contribution in [0.15, 0.2) is 22.8 Å². The van der Waals surface area contributed by atoms with Crippen LogP contribution in [0, 0.1) is 5.92 Å². The van der Waals surface area contributed by atoms with Crippen LogP contribution in [0.25, 0.3) is 0 Å². The zero-order chi connectivity index (χ0) is 17.9. The van der Waals surface area contributed by atoms with Gasteiger partial charge in [-0.3, -0.25) is 14.5 Å². The Kier molecular flexibility index (Phi) is 5.26. The summed E-state index contributed by atoms with van der Waals surface area (Å²) in [5, 5.41) is 0. The van der Waals surface area contributed by atoms with Gasteiger partial charge in [0.25, 0.3) is 0 Å². The maximum Gasteiger partial charge on any atom is 0.228 e. The van der Waals surface area contributed by atoms with Gasteiger partial charge < -0.3 is 19.0 Å². The van der Waals surface area contributed by atoms with Crippen molar-refractivity contribution in [1.82, 2.24) is 14.7 Å². The van der Waals surface area contributed by atoms with E-state index in [0.717, 1.165) is 51.4 Å². The minimum atomic E-state index is -0.220. The molecule has 0 unspecified atom stereocenters. The first-order valence-corrected chi connectivity index (χ1v) is 9.61. The predicted octanol–water partition coefficient (Wildman–Crippen LogP) is 0.951.